The average molecular weight is 320 g/mol. The molecule has 116 valence electrons. The van der Waals surface area contributed by atoms with Gasteiger partial charge in [-0.05, 0) is 29.4 Å². The molecule has 1 aliphatic rings. The first-order valence-electron chi connectivity index (χ1n) is 8.11. The van der Waals surface area contributed by atoms with Crippen molar-refractivity contribution in [1.29, 1.82) is 0 Å². The fourth-order valence-electron chi connectivity index (χ4n) is 3.48. The molecule has 0 unspecified atom stereocenters. The van der Waals surface area contributed by atoms with Crippen molar-refractivity contribution in [1.82, 2.24) is 4.98 Å². The lowest BCUT2D eigenvalue weighted by Gasteiger charge is -2.28. The third kappa shape index (κ3) is 3.02. The Labute approximate surface area is 141 Å². The third-order valence-corrected chi connectivity index (χ3v) is 5.53. The molecule has 1 aliphatic carbocycles. The Kier molecular flexibility index (Phi) is 3.88. The highest BCUT2D eigenvalue weighted by molar-refractivity contribution is 7.13. The summed E-state index contributed by atoms with van der Waals surface area (Å²) in [7, 11) is 0. The van der Waals surface area contributed by atoms with Crippen LogP contribution in [-0.4, -0.2) is 11.5 Å². The van der Waals surface area contributed by atoms with Crippen LogP contribution in [0.4, 0.5) is 5.13 Å². The van der Waals surface area contributed by atoms with Gasteiger partial charge in [0.15, 0.2) is 5.13 Å². The average Bonchev–Trinajstić information content (AvgIpc) is 3.19. The Balaban J connectivity index is 1.65. The quantitative estimate of drug-likeness (QED) is 0.678. The standard InChI is InChI=1S/C20H20N2S/c1-3-7-16(8-4-1)18(17-9-5-2-6-10-17)20(11-12-20)15-22-19-21-13-14-23-19/h1-10,13-14,18H,11-12,15H2,(H,21,22). The second-order valence-electron chi connectivity index (χ2n) is 6.31. The van der Waals surface area contributed by atoms with E-state index in [0.717, 1.165) is 11.7 Å². The summed E-state index contributed by atoms with van der Waals surface area (Å²) >= 11 is 1.67. The normalized spacial score (nSPS) is 15.5. The van der Waals surface area contributed by atoms with Gasteiger partial charge in [0.05, 0.1) is 0 Å². The summed E-state index contributed by atoms with van der Waals surface area (Å²) in [5.74, 6) is 0.442. The van der Waals surface area contributed by atoms with Gasteiger partial charge in [0.25, 0.3) is 0 Å². The van der Waals surface area contributed by atoms with Crippen LogP contribution in [0.25, 0.3) is 0 Å². The van der Waals surface area contributed by atoms with Crippen LogP contribution in [-0.2, 0) is 0 Å². The molecule has 1 N–H and O–H groups in total. The molecule has 1 saturated carbocycles. The fourth-order valence-corrected chi connectivity index (χ4v) is 4.01. The van der Waals surface area contributed by atoms with Crippen molar-refractivity contribution >= 4 is 16.5 Å². The SMILES string of the molecule is c1ccc(C(c2ccccc2)C2(CNc3nccs3)CC2)cc1. The van der Waals surface area contributed by atoms with Gasteiger partial charge in [0, 0.05) is 24.0 Å². The molecule has 0 aliphatic heterocycles. The number of hydrogen-bond acceptors (Lipinski definition) is 3. The monoisotopic (exact) mass is 320 g/mol. The zero-order valence-electron chi connectivity index (χ0n) is 13.0. The number of aromatic nitrogens is 1. The Morgan fingerprint density at radius 3 is 2.04 bits per heavy atom. The number of benzene rings is 2. The van der Waals surface area contributed by atoms with Gasteiger partial charge in [0.2, 0.25) is 0 Å². The molecule has 0 atom stereocenters. The number of anilines is 1. The molecule has 2 nitrogen and oxygen atoms in total. The largest absolute Gasteiger partial charge is 0.361 e. The number of nitrogens with zero attached hydrogens (tertiary/aromatic N) is 1. The molecule has 3 heteroatoms. The topological polar surface area (TPSA) is 24.9 Å². The van der Waals surface area contributed by atoms with Crippen LogP contribution in [0.3, 0.4) is 0 Å². The second kappa shape index (κ2) is 6.17. The van der Waals surface area contributed by atoms with E-state index in [1.54, 1.807) is 11.3 Å². The molecule has 0 radical (unpaired) electrons. The number of rotatable bonds is 6. The molecule has 1 fully saturated rings. The molecule has 0 amide bonds. The van der Waals surface area contributed by atoms with E-state index in [2.05, 4.69) is 71.0 Å². The van der Waals surface area contributed by atoms with Crippen LogP contribution in [0, 0.1) is 5.41 Å². The molecule has 3 aromatic rings. The second-order valence-corrected chi connectivity index (χ2v) is 7.20. The lowest BCUT2D eigenvalue weighted by atomic mass is 9.78. The maximum absolute atomic E-state index is 4.36. The van der Waals surface area contributed by atoms with Crippen molar-refractivity contribution < 1.29 is 0 Å². The Hall–Kier alpha value is -2.13. The third-order valence-electron chi connectivity index (χ3n) is 4.79. The summed E-state index contributed by atoms with van der Waals surface area (Å²) in [4.78, 5) is 4.36. The van der Waals surface area contributed by atoms with E-state index < -0.39 is 0 Å². The number of hydrogen-bond donors (Lipinski definition) is 1. The highest BCUT2D eigenvalue weighted by atomic mass is 32.1. The van der Waals surface area contributed by atoms with Crippen molar-refractivity contribution in [3.8, 4) is 0 Å². The summed E-state index contributed by atoms with van der Waals surface area (Å²) in [6, 6.07) is 21.8. The first-order valence-corrected chi connectivity index (χ1v) is 8.99. The predicted octanol–water partition coefficient (Wildman–Crippen LogP) is 5.17. The van der Waals surface area contributed by atoms with E-state index >= 15 is 0 Å². The molecular formula is C20H20N2S. The zero-order chi connectivity index (χ0) is 15.5. The summed E-state index contributed by atoms with van der Waals surface area (Å²) in [6.45, 7) is 0.981. The van der Waals surface area contributed by atoms with Gasteiger partial charge < -0.3 is 5.32 Å². The van der Waals surface area contributed by atoms with Gasteiger partial charge in [-0.1, -0.05) is 60.7 Å². The number of nitrogens with one attached hydrogen (secondary N) is 1. The van der Waals surface area contributed by atoms with Crippen molar-refractivity contribution in [3.63, 3.8) is 0 Å². The van der Waals surface area contributed by atoms with E-state index in [4.69, 9.17) is 0 Å². The highest BCUT2D eigenvalue weighted by Crippen LogP contribution is 2.58. The molecule has 23 heavy (non-hydrogen) atoms. The van der Waals surface area contributed by atoms with E-state index in [9.17, 15) is 0 Å². The van der Waals surface area contributed by atoms with Crippen LogP contribution in [0.5, 0.6) is 0 Å². The Morgan fingerprint density at radius 1 is 0.957 bits per heavy atom. The Morgan fingerprint density at radius 2 is 1.57 bits per heavy atom. The van der Waals surface area contributed by atoms with Crippen LogP contribution < -0.4 is 5.32 Å². The lowest BCUT2D eigenvalue weighted by Crippen LogP contribution is -2.24. The summed E-state index contributed by atoms with van der Waals surface area (Å²) in [5.41, 5.74) is 3.13. The van der Waals surface area contributed by atoms with Crippen molar-refractivity contribution in [2.24, 2.45) is 5.41 Å². The van der Waals surface area contributed by atoms with Crippen LogP contribution in [0.1, 0.15) is 29.9 Å². The zero-order valence-corrected chi connectivity index (χ0v) is 13.8. The van der Waals surface area contributed by atoms with Crippen molar-refractivity contribution in [2.45, 2.75) is 18.8 Å². The Bertz CT molecular complexity index is 694. The molecule has 2 aromatic carbocycles. The molecule has 0 spiro atoms. The van der Waals surface area contributed by atoms with Crippen LogP contribution in [0.2, 0.25) is 0 Å². The minimum atomic E-state index is 0.300. The maximum atomic E-state index is 4.36. The van der Waals surface area contributed by atoms with E-state index in [0.29, 0.717) is 11.3 Å². The minimum absolute atomic E-state index is 0.300. The molecule has 0 bridgehead atoms. The van der Waals surface area contributed by atoms with Gasteiger partial charge in [-0.2, -0.15) is 0 Å². The van der Waals surface area contributed by atoms with Crippen molar-refractivity contribution in [3.05, 3.63) is 83.4 Å². The molecule has 1 heterocycles. The van der Waals surface area contributed by atoms with Crippen molar-refractivity contribution in [2.75, 3.05) is 11.9 Å². The first kappa shape index (κ1) is 14.5. The van der Waals surface area contributed by atoms with Crippen LogP contribution >= 0.6 is 11.3 Å². The summed E-state index contributed by atoms with van der Waals surface area (Å²) in [6.07, 6.45) is 4.39. The molecule has 0 saturated heterocycles. The summed E-state index contributed by atoms with van der Waals surface area (Å²) in [5, 5.41) is 6.60. The van der Waals surface area contributed by atoms with Gasteiger partial charge in [-0.3, -0.25) is 0 Å². The van der Waals surface area contributed by atoms with Crippen LogP contribution in [0.15, 0.2) is 72.2 Å². The lowest BCUT2D eigenvalue weighted by molar-refractivity contribution is 0.471. The maximum Gasteiger partial charge on any atom is 0.182 e. The smallest absolute Gasteiger partial charge is 0.182 e. The molecule has 1 aromatic heterocycles. The van der Waals surface area contributed by atoms with E-state index in [-0.39, 0.29) is 0 Å². The van der Waals surface area contributed by atoms with Gasteiger partial charge in [-0.25, -0.2) is 4.98 Å². The highest BCUT2D eigenvalue weighted by Gasteiger charge is 2.50. The first-order chi connectivity index (χ1) is 11.4. The minimum Gasteiger partial charge on any atom is -0.361 e. The number of thiazole rings is 1. The van der Waals surface area contributed by atoms with Gasteiger partial charge in [-0.15, -0.1) is 11.3 Å². The summed E-state index contributed by atoms with van der Waals surface area (Å²) < 4.78 is 0. The van der Waals surface area contributed by atoms with E-state index in [1.807, 2.05) is 11.6 Å². The fraction of sp³-hybridized carbons (Fsp3) is 0.250. The predicted molar refractivity (Wildman–Crippen MR) is 97.0 cm³/mol. The van der Waals surface area contributed by atoms with Gasteiger partial charge >= 0.3 is 0 Å². The molecule has 4 rings (SSSR count). The molecular weight excluding hydrogens is 300 g/mol. The van der Waals surface area contributed by atoms with Gasteiger partial charge in [0.1, 0.15) is 0 Å². The van der Waals surface area contributed by atoms with E-state index in [1.165, 1.54) is 24.0 Å².